The molecule has 0 radical (unpaired) electrons. The van der Waals surface area contributed by atoms with Crippen LogP contribution < -0.4 is 0 Å². The van der Waals surface area contributed by atoms with Crippen LogP contribution in [0.5, 0.6) is 0 Å². The number of benzene rings is 2. The van der Waals surface area contributed by atoms with Gasteiger partial charge in [-0.2, -0.15) is 13.2 Å². The van der Waals surface area contributed by atoms with Gasteiger partial charge in [-0.3, -0.25) is 0 Å². The van der Waals surface area contributed by atoms with Crippen molar-refractivity contribution in [3.63, 3.8) is 0 Å². The average molecular weight is 641 g/mol. The summed E-state index contributed by atoms with van der Waals surface area (Å²) in [6, 6.07) is 10.4. The van der Waals surface area contributed by atoms with E-state index in [1.165, 1.54) is 94.5 Å². The third-order valence-electron chi connectivity index (χ3n) is 8.15. The fourth-order valence-corrected chi connectivity index (χ4v) is 5.40. The van der Waals surface area contributed by atoms with E-state index in [0.717, 1.165) is 18.4 Å². The van der Waals surface area contributed by atoms with Crippen LogP contribution in [-0.2, 0) is 11.2 Å². The summed E-state index contributed by atoms with van der Waals surface area (Å²) in [4.78, 5) is 33.5. The molecule has 3 rings (SSSR count). The highest BCUT2D eigenvalue weighted by Crippen LogP contribution is 2.31. The minimum atomic E-state index is -4.66. The standard InChI is InChI=1S/C37H47F3N2O4/c1-3-5-7-8-9-10-11-12-13-14-15-16-27-25-41-34(42-26-27)30-22-23-31(35(43)44)32(24-30)28-18-20-29(21-19-28)36(45)46-33(17-6-4-2)37(38,39)40/h18-26,33H,3-17H2,1-2H3,(H,43,44)/t33-/m0/s1. The highest BCUT2D eigenvalue weighted by Gasteiger charge is 2.42. The summed E-state index contributed by atoms with van der Waals surface area (Å²) in [5.74, 6) is -1.78. The zero-order valence-corrected chi connectivity index (χ0v) is 27.1. The third kappa shape index (κ3) is 11.9. The Kier molecular flexibility index (Phi) is 15.2. The molecular formula is C37H47F3N2O4. The van der Waals surface area contributed by atoms with Gasteiger partial charge in [0.25, 0.3) is 0 Å². The van der Waals surface area contributed by atoms with Gasteiger partial charge in [0.15, 0.2) is 11.9 Å². The topological polar surface area (TPSA) is 89.4 Å². The molecule has 3 aromatic rings. The van der Waals surface area contributed by atoms with Crippen LogP contribution in [0.1, 0.15) is 130 Å². The molecule has 0 bridgehead atoms. The summed E-state index contributed by atoms with van der Waals surface area (Å²) in [5, 5.41) is 9.80. The molecule has 0 spiro atoms. The number of rotatable bonds is 20. The largest absolute Gasteiger partial charge is 0.478 e. The van der Waals surface area contributed by atoms with E-state index in [-0.39, 0.29) is 24.0 Å². The zero-order valence-electron chi connectivity index (χ0n) is 27.1. The van der Waals surface area contributed by atoms with Crippen molar-refractivity contribution in [3.05, 3.63) is 71.5 Å². The molecule has 0 amide bonds. The zero-order chi connectivity index (χ0) is 33.4. The lowest BCUT2D eigenvalue weighted by atomic mass is 9.96. The molecule has 1 heterocycles. The Balaban J connectivity index is 1.60. The molecule has 0 aliphatic rings. The predicted molar refractivity (Wildman–Crippen MR) is 175 cm³/mol. The van der Waals surface area contributed by atoms with Gasteiger partial charge in [0, 0.05) is 18.0 Å². The van der Waals surface area contributed by atoms with Gasteiger partial charge in [-0.1, -0.05) is 103 Å². The number of halogens is 3. The maximum atomic E-state index is 13.3. The predicted octanol–water partition coefficient (Wildman–Crippen LogP) is 10.6. The lowest BCUT2D eigenvalue weighted by Gasteiger charge is -2.20. The van der Waals surface area contributed by atoms with E-state index in [2.05, 4.69) is 16.9 Å². The molecule has 9 heteroatoms. The van der Waals surface area contributed by atoms with E-state index in [1.807, 2.05) is 0 Å². The molecule has 0 saturated carbocycles. The van der Waals surface area contributed by atoms with Crippen molar-refractivity contribution in [3.8, 4) is 22.5 Å². The number of nitrogens with zero attached hydrogens (tertiary/aromatic N) is 2. The van der Waals surface area contributed by atoms with E-state index < -0.39 is 24.2 Å². The van der Waals surface area contributed by atoms with Crippen LogP contribution in [0, 0.1) is 0 Å². The van der Waals surface area contributed by atoms with Gasteiger partial charge in [0.1, 0.15) is 0 Å². The van der Waals surface area contributed by atoms with Crippen molar-refractivity contribution in [2.45, 2.75) is 122 Å². The number of hydrogen-bond acceptors (Lipinski definition) is 5. The van der Waals surface area contributed by atoms with Crippen molar-refractivity contribution < 1.29 is 32.6 Å². The average Bonchev–Trinajstić information content (AvgIpc) is 3.05. The minimum absolute atomic E-state index is 0.0314. The maximum Gasteiger partial charge on any atom is 0.425 e. The van der Waals surface area contributed by atoms with Gasteiger partial charge in [0.05, 0.1) is 11.1 Å². The van der Waals surface area contributed by atoms with Crippen LogP contribution in [0.15, 0.2) is 54.9 Å². The van der Waals surface area contributed by atoms with Gasteiger partial charge in [0.2, 0.25) is 0 Å². The fourth-order valence-electron chi connectivity index (χ4n) is 5.40. The Morgan fingerprint density at radius 1 is 0.761 bits per heavy atom. The highest BCUT2D eigenvalue weighted by atomic mass is 19.4. The Morgan fingerprint density at radius 3 is 1.85 bits per heavy atom. The monoisotopic (exact) mass is 640 g/mol. The van der Waals surface area contributed by atoms with Gasteiger partial charge < -0.3 is 9.84 Å². The summed E-state index contributed by atoms with van der Waals surface area (Å²) in [7, 11) is 0. The van der Waals surface area contributed by atoms with Gasteiger partial charge in [-0.15, -0.1) is 0 Å². The van der Waals surface area contributed by atoms with Crippen molar-refractivity contribution in [2.75, 3.05) is 0 Å². The maximum absolute atomic E-state index is 13.3. The van der Waals surface area contributed by atoms with Gasteiger partial charge >= 0.3 is 18.1 Å². The molecule has 0 aliphatic heterocycles. The highest BCUT2D eigenvalue weighted by molar-refractivity contribution is 5.97. The van der Waals surface area contributed by atoms with E-state index in [4.69, 9.17) is 4.74 Å². The number of carboxylic acids is 1. The first kappa shape index (κ1) is 36.7. The van der Waals surface area contributed by atoms with Crippen LogP contribution in [0.3, 0.4) is 0 Å². The third-order valence-corrected chi connectivity index (χ3v) is 8.15. The summed E-state index contributed by atoms with van der Waals surface area (Å²) >= 11 is 0. The first-order chi connectivity index (χ1) is 22.1. The second-order valence-electron chi connectivity index (χ2n) is 11.9. The molecule has 2 aromatic carbocycles. The summed E-state index contributed by atoms with van der Waals surface area (Å²) < 4.78 is 44.8. The van der Waals surface area contributed by atoms with E-state index >= 15 is 0 Å². The number of ether oxygens (including phenoxy) is 1. The number of carboxylic acid groups (broad SMARTS) is 1. The number of esters is 1. The number of carbonyl (C=O) groups excluding carboxylic acids is 1. The fraction of sp³-hybridized carbons (Fsp3) is 0.514. The number of aromatic nitrogens is 2. The van der Waals surface area contributed by atoms with Crippen molar-refractivity contribution >= 4 is 11.9 Å². The second kappa shape index (κ2) is 19.0. The lowest BCUT2D eigenvalue weighted by Crippen LogP contribution is -2.33. The number of unbranched alkanes of at least 4 members (excludes halogenated alkanes) is 11. The molecule has 6 nitrogen and oxygen atoms in total. The lowest BCUT2D eigenvalue weighted by molar-refractivity contribution is -0.206. The molecule has 0 aliphatic carbocycles. The van der Waals surface area contributed by atoms with Gasteiger partial charge in [-0.05, 0) is 66.6 Å². The number of aryl methyl sites for hydroxylation is 1. The van der Waals surface area contributed by atoms with Crippen LogP contribution in [0.25, 0.3) is 22.5 Å². The molecule has 1 aromatic heterocycles. The number of carbonyl (C=O) groups is 2. The molecular weight excluding hydrogens is 593 g/mol. The van der Waals surface area contributed by atoms with E-state index in [9.17, 15) is 27.9 Å². The Hall–Kier alpha value is -3.75. The Bertz CT molecular complexity index is 1360. The molecule has 1 N–H and O–H groups in total. The van der Waals surface area contributed by atoms with Crippen LogP contribution >= 0.6 is 0 Å². The molecule has 0 saturated heterocycles. The molecule has 0 unspecified atom stereocenters. The SMILES string of the molecule is CCCCCCCCCCCCCc1cnc(-c2ccc(C(=O)O)c(-c3ccc(C(=O)O[C@@H](CCCC)C(F)(F)F)cc3)c2)nc1. The first-order valence-corrected chi connectivity index (χ1v) is 16.7. The number of hydrogen-bond donors (Lipinski definition) is 1. The minimum Gasteiger partial charge on any atom is -0.478 e. The molecule has 250 valence electrons. The smallest absolute Gasteiger partial charge is 0.425 e. The number of aromatic carboxylic acids is 1. The summed E-state index contributed by atoms with van der Waals surface area (Å²) in [6.45, 7) is 4.00. The summed E-state index contributed by atoms with van der Waals surface area (Å²) in [6.07, 6.45) is 12.3. The second-order valence-corrected chi connectivity index (χ2v) is 11.9. The van der Waals surface area contributed by atoms with E-state index in [0.29, 0.717) is 28.9 Å². The Morgan fingerprint density at radius 2 is 1.30 bits per heavy atom. The van der Waals surface area contributed by atoms with Crippen LogP contribution in [-0.4, -0.2) is 39.3 Å². The van der Waals surface area contributed by atoms with Crippen molar-refractivity contribution in [1.29, 1.82) is 0 Å². The number of alkyl halides is 3. The molecule has 0 fully saturated rings. The van der Waals surface area contributed by atoms with E-state index in [1.54, 1.807) is 31.5 Å². The van der Waals surface area contributed by atoms with Crippen LogP contribution in [0.4, 0.5) is 13.2 Å². The van der Waals surface area contributed by atoms with Gasteiger partial charge in [-0.25, -0.2) is 19.6 Å². The van der Waals surface area contributed by atoms with Crippen molar-refractivity contribution in [1.82, 2.24) is 9.97 Å². The van der Waals surface area contributed by atoms with Crippen LogP contribution in [0.2, 0.25) is 0 Å². The normalized spacial score (nSPS) is 12.2. The molecule has 1 atom stereocenters. The Labute approximate surface area is 270 Å². The summed E-state index contributed by atoms with van der Waals surface area (Å²) in [5.41, 5.74) is 2.49. The quantitative estimate of drug-likeness (QED) is 0.0976. The van der Waals surface area contributed by atoms with Crippen molar-refractivity contribution in [2.24, 2.45) is 0 Å². The molecule has 46 heavy (non-hydrogen) atoms. The first-order valence-electron chi connectivity index (χ1n) is 16.7.